The van der Waals surface area contributed by atoms with Gasteiger partial charge in [-0.2, -0.15) is 13.2 Å². The molecule has 0 bridgehead atoms. The summed E-state index contributed by atoms with van der Waals surface area (Å²) in [4.78, 5) is 0. The van der Waals surface area contributed by atoms with E-state index < -0.39 is 12.2 Å². The molecule has 0 saturated heterocycles. The molecular formula is C10H12F3NO2. The van der Waals surface area contributed by atoms with E-state index in [1.165, 1.54) is 32.4 Å². The van der Waals surface area contributed by atoms with Gasteiger partial charge in [0.25, 0.3) is 0 Å². The molecule has 0 aliphatic carbocycles. The van der Waals surface area contributed by atoms with Gasteiger partial charge in [-0.3, -0.25) is 0 Å². The van der Waals surface area contributed by atoms with E-state index in [9.17, 15) is 13.2 Å². The molecule has 1 unspecified atom stereocenters. The van der Waals surface area contributed by atoms with Crippen molar-refractivity contribution in [2.75, 3.05) is 14.2 Å². The molecule has 2 N–H and O–H groups in total. The van der Waals surface area contributed by atoms with Crippen LogP contribution in [0.2, 0.25) is 0 Å². The zero-order valence-electron chi connectivity index (χ0n) is 8.84. The number of benzene rings is 1. The van der Waals surface area contributed by atoms with Gasteiger partial charge in [0.1, 0.15) is 17.5 Å². The van der Waals surface area contributed by atoms with Gasteiger partial charge in [-0.15, -0.1) is 0 Å². The van der Waals surface area contributed by atoms with Crippen molar-refractivity contribution in [3.8, 4) is 11.5 Å². The van der Waals surface area contributed by atoms with Gasteiger partial charge in [0, 0.05) is 5.56 Å². The minimum atomic E-state index is -4.51. The van der Waals surface area contributed by atoms with Crippen LogP contribution in [-0.2, 0) is 0 Å². The summed E-state index contributed by atoms with van der Waals surface area (Å²) in [6, 6.07) is 2.03. The molecule has 0 fully saturated rings. The van der Waals surface area contributed by atoms with E-state index in [-0.39, 0.29) is 11.3 Å². The van der Waals surface area contributed by atoms with E-state index in [1.54, 1.807) is 0 Å². The highest BCUT2D eigenvalue weighted by atomic mass is 19.4. The van der Waals surface area contributed by atoms with E-state index in [4.69, 9.17) is 15.2 Å². The molecule has 1 atom stereocenters. The van der Waals surface area contributed by atoms with Crippen molar-refractivity contribution >= 4 is 0 Å². The second kappa shape index (κ2) is 4.61. The summed E-state index contributed by atoms with van der Waals surface area (Å²) in [6.07, 6.45) is -4.51. The second-order valence-electron chi connectivity index (χ2n) is 3.13. The Morgan fingerprint density at radius 2 is 1.81 bits per heavy atom. The standard InChI is InChI=1S/C10H12F3NO2/c1-15-6-3-4-8(16-2)7(5-6)9(14)10(11,12)13/h3-5,9H,14H2,1-2H3. The quantitative estimate of drug-likeness (QED) is 0.874. The number of methoxy groups -OCH3 is 2. The third-order valence-corrected chi connectivity index (χ3v) is 2.12. The van der Waals surface area contributed by atoms with E-state index >= 15 is 0 Å². The van der Waals surface area contributed by atoms with Crippen LogP contribution in [0.3, 0.4) is 0 Å². The lowest BCUT2D eigenvalue weighted by Gasteiger charge is -2.19. The molecule has 1 aromatic carbocycles. The molecule has 0 saturated carbocycles. The first-order chi connectivity index (χ1) is 7.40. The summed E-state index contributed by atoms with van der Waals surface area (Å²) in [6.45, 7) is 0. The first-order valence-electron chi connectivity index (χ1n) is 4.44. The van der Waals surface area contributed by atoms with Gasteiger partial charge in [-0.25, -0.2) is 0 Å². The Labute approximate surface area is 91.0 Å². The van der Waals surface area contributed by atoms with Gasteiger partial charge in [-0.1, -0.05) is 0 Å². The minimum Gasteiger partial charge on any atom is -0.497 e. The van der Waals surface area contributed by atoms with Crippen LogP contribution in [0.15, 0.2) is 18.2 Å². The van der Waals surface area contributed by atoms with Crippen LogP contribution in [-0.4, -0.2) is 20.4 Å². The van der Waals surface area contributed by atoms with E-state index in [0.717, 1.165) is 0 Å². The summed E-state index contributed by atoms with van der Waals surface area (Å²) in [5, 5.41) is 0. The third-order valence-electron chi connectivity index (χ3n) is 2.12. The molecule has 1 rings (SSSR count). The number of nitrogens with two attached hydrogens (primary N) is 1. The van der Waals surface area contributed by atoms with Gasteiger partial charge in [-0.05, 0) is 18.2 Å². The Morgan fingerprint density at radius 1 is 1.19 bits per heavy atom. The summed E-state index contributed by atoms with van der Waals surface area (Å²) >= 11 is 0. The number of halogens is 3. The molecule has 1 aromatic rings. The molecule has 3 nitrogen and oxygen atoms in total. The lowest BCUT2D eigenvalue weighted by Crippen LogP contribution is -2.28. The number of alkyl halides is 3. The van der Waals surface area contributed by atoms with Crippen LogP contribution in [0.1, 0.15) is 11.6 Å². The first-order valence-corrected chi connectivity index (χ1v) is 4.44. The topological polar surface area (TPSA) is 44.5 Å². The molecule has 0 heterocycles. The first kappa shape index (κ1) is 12.6. The second-order valence-corrected chi connectivity index (χ2v) is 3.13. The molecular weight excluding hydrogens is 223 g/mol. The van der Waals surface area contributed by atoms with E-state index in [1.807, 2.05) is 0 Å². The monoisotopic (exact) mass is 235 g/mol. The molecule has 90 valence electrons. The summed E-state index contributed by atoms with van der Waals surface area (Å²) < 4.78 is 47.1. The fourth-order valence-electron chi connectivity index (χ4n) is 1.26. The fourth-order valence-corrected chi connectivity index (χ4v) is 1.26. The smallest absolute Gasteiger partial charge is 0.407 e. The van der Waals surface area contributed by atoms with Crippen LogP contribution >= 0.6 is 0 Å². The normalized spacial score (nSPS) is 13.4. The number of rotatable bonds is 3. The number of ether oxygens (including phenoxy) is 2. The van der Waals surface area contributed by atoms with Gasteiger partial charge >= 0.3 is 6.18 Å². The van der Waals surface area contributed by atoms with Crippen molar-refractivity contribution in [2.24, 2.45) is 5.73 Å². The highest BCUT2D eigenvalue weighted by molar-refractivity contribution is 5.42. The predicted molar refractivity (Wildman–Crippen MR) is 52.5 cm³/mol. The van der Waals surface area contributed by atoms with Crippen LogP contribution in [0, 0.1) is 0 Å². The van der Waals surface area contributed by atoms with Crippen molar-refractivity contribution in [1.82, 2.24) is 0 Å². The SMILES string of the molecule is COc1ccc(OC)c(C(N)C(F)(F)F)c1. The number of hydrogen-bond acceptors (Lipinski definition) is 3. The van der Waals surface area contributed by atoms with Crippen molar-refractivity contribution in [3.63, 3.8) is 0 Å². The Balaban J connectivity index is 3.18. The largest absolute Gasteiger partial charge is 0.497 e. The van der Waals surface area contributed by atoms with E-state index in [0.29, 0.717) is 5.75 Å². The maximum absolute atomic E-state index is 12.5. The molecule has 0 aromatic heterocycles. The molecule has 0 spiro atoms. The Hall–Kier alpha value is -1.43. The Bertz CT molecular complexity index is 366. The lowest BCUT2D eigenvalue weighted by atomic mass is 10.1. The zero-order valence-corrected chi connectivity index (χ0v) is 8.84. The molecule has 16 heavy (non-hydrogen) atoms. The maximum atomic E-state index is 12.5. The van der Waals surface area contributed by atoms with E-state index in [2.05, 4.69) is 0 Å². The summed E-state index contributed by atoms with van der Waals surface area (Å²) in [7, 11) is 2.65. The summed E-state index contributed by atoms with van der Waals surface area (Å²) in [5.74, 6) is 0.390. The van der Waals surface area contributed by atoms with Gasteiger partial charge in [0.15, 0.2) is 0 Å². The van der Waals surface area contributed by atoms with Crippen molar-refractivity contribution in [1.29, 1.82) is 0 Å². The average Bonchev–Trinajstić information content (AvgIpc) is 2.25. The van der Waals surface area contributed by atoms with Crippen molar-refractivity contribution in [2.45, 2.75) is 12.2 Å². The average molecular weight is 235 g/mol. The van der Waals surface area contributed by atoms with Gasteiger partial charge < -0.3 is 15.2 Å². The lowest BCUT2D eigenvalue weighted by molar-refractivity contribution is -0.149. The summed E-state index contributed by atoms with van der Waals surface area (Å²) in [5.41, 5.74) is 4.97. The maximum Gasteiger partial charge on any atom is 0.407 e. The fraction of sp³-hybridized carbons (Fsp3) is 0.400. The predicted octanol–water partition coefficient (Wildman–Crippen LogP) is 2.27. The molecule has 0 aliphatic rings. The Morgan fingerprint density at radius 3 is 2.25 bits per heavy atom. The van der Waals surface area contributed by atoms with Gasteiger partial charge in [0.05, 0.1) is 14.2 Å². The van der Waals surface area contributed by atoms with Crippen LogP contribution in [0.25, 0.3) is 0 Å². The Kier molecular flexibility index (Phi) is 3.64. The zero-order chi connectivity index (χ0) is 12.3. The number of hydrogen-bond donors (Lipinski definition) is 1. The highest BCUT2D eigenvalue weighted by Gasteiger charge is 2.39. The van der Waals surface area contributed by atoms with Crippen LogP contribution in [0.5, 0.6) is 11.5 Å². The third kappa shape index (κ3) is 2.57. The van der Waals surface area contributed by atoms with Crippen LogP contribution in [0.4, 0.5) is 13.2 Å². The molecule has 0 radical (unpaired) electrons. The van der Waals surface area contributed by atoms with Crippen molar-refractivity contribution in [3.05, 3.63) is 23.8 Å². The van der Waals surface area contributed by atoms with Gasteiger partial charge in [0.2, 0.25) is 0 Å². The molecule has 0 aliphatic heterocycles. The highest BCUT2D eigenvalue weighted by Crippen LogP contribution is 2.37. The molecule has 0 amide bonds. The van der Waals surface area contributed by atoms with Crippen molar-refractivity contribution < 1.29 is 22.6 Å². The van der Waals surface area contributed by atoms with Crippen LogP contribution < -0.4 is 15.2 Å². The minimum absolute atomic E-state index is 0.0885. The molecule has 6 heteroatoms.